The van der Waals surface area contributed by atoms with Gasteiger partial charge in [0.2, 0.25) is 17.6 Å². The zero-order valence-corrected chi connectivity index (χ0v) is 16.8. The molecule has 0 saturated carbocycles. The summed E-state index contributed by atoms with van der Waals surface area (Å²) in [6, 6.07) is 12.9. The number of hydrogen-bond donors (Lipinski definition) is 1. The minimum absolute atomic E-state index is 0.0951. The van der Waals surface area contributed by atoms with E-state index in [1.165, 1.54) is 0 Å². The van der Waals surface area contributed by atoms with Crippen molar-refractivity contribution >= 4 is 17.5 Å². The maximum atomic E-state index is 12.3. The van der Waals surface area contributed by atoms with Gasteiger partial charge >= 0.3 is 0 Å². The normalized spacial score (nSPS) is 11.9. The summed E-state index contributed by atoms with van der Waals surface area (Å²) < 4.78 is 10.6. The van der Waals surface area contributed by atoms with E-state index in [0.29, 0.717) is 23.2 Å². The molecule has 1 N–H and O–H groups in total. The van der Waals surface area contributed by atoms with E-state index in [1.807, 2.05) is 44.2 Å². The Balaban J connectivity index is 1.57. The quantitative estimate of drug-likeness (QED) is 0.632. The molecule has 146 valence electrons. The van der Waals surface area contributed by atoms with Crippen LogP contribution < -0.4 is 10.1 Å². The first-order valence-corrected chi connectivity index (χ1v) is 9.36. The number of amides is 1. The van der Waals surface area contributed by atoms with Gasteiger partial charge in [0.05, 0.1) is 13.2 Å². The Morgan fingerprint density at radius 3 is 2.71 bits per heavy atom. The highest BCUT2D eigenvalue weighted by atomic mass is 35.5. The van der Waals surface area contributed by atoms with Crippen LogP contribution >= 0.6 is 11.6 Å². The summed E-state index contributed by atoms with van der Waals surface area (Å²) in [6.07, 6.45) is 0.616. The molecule has 0 aliphatic heterocycles. The van der Waals surface area contributed by atoms with E-state index >= 15 is 0 Å². The maximum absolute atomic E-state index is 12.3. The molecule has 0 bridgehead atoms. The molecular formula is C21H22ClN3O3. The first-order chi connectivity index (χ1) is 13.5. The van der Waals surface area contributed by atoms with Gasteiger partial charge in [0, 0.05) is 29.0 Å². The van der Waals surface area contributed by atoms with Gasteiger partial charge < -0.3 is 14.6 Å². The fraction of sp³-hybridized carbons (Fsp3) is 0.286. The summed E-state index contributed by atoms with van der Waals surface area (Å²) in [5.74, 6) is 1.55. The number of aryl methyl sites for hydroxylation is 2. The lowest BCUT2D eigenvalue weighted by atomic mass is 10.0. The molecule has 28 heavy (non-hydrogen) atoms. The van der Waals surface area contributed by atoms with E-state index < -0.39 is 0 Å². The molecule has 7 heteroatoms. The zero-order valence-electron chi connectivity index (χ0n) is 16.0. The lowest BCUT2D eigenvalue weighted by Gasteiger charge is -2.17. The monoisotopic (exact) mass is 399 g/mol. The lowest BCUT2D eigenvalue weighted by Crippen LogP contribution is -2.27. The van der Waals surface area contributed by atoms with Gasteiger partial charge in [0.25, 0.3) is 0 Å². The molecule has 1 aromatic heterocycles. The van der Waals surface area contributed by atoms with E-state index in [1.54, 1.807) is 19.2 Å². The second-order valence-corrected chi connectivity index (χ2v) is 6.99. The van der Waals surface area contributed by atoms with Crippen molar-refractivity contribution in [2.45, 2.75) is 32.7 Å². The Bertz CT molecular complexity index is 954. The maximum Gasteiger partial charge on any atom is 0.227 e. The number of methoxy groups -OCH3 is 1. The molecule has 6 nitrogen and oxygen atoms in total. The first kappa shape index (κ1) is 19.9. The number of ether oxygens (including phenoxy) is 1. The van der Waals surface area contributed by atoms with Crippen LogP contribution in [-0.2, 0) is 11.2 Å². The Hall–Kier alpha value is -2.86. The summed E-state index contributed by atoms with van der Waals surface area (Å²) >= 11 is 5.89. The predicted molar refractivity (Wildman–Crippen MR) is 107 cm³/mol. The number of benzene rings is 2. The van der Waals surface area contributed by atoms with Gasteiger partial charge in [-0.15, -0.1) is 0 Å². The zero-order chi connectivity index (χ0) is 20.1. The van der Waals surface area contributed by atoms with Gasteiger partial charge in [-0.25, -0.2) is 0 Å². The summed E-state index contributed by atoms with van der Waals surface area (Å²) in [6.45, 7) is 3.94. The molecule has 0 saturated heterocycles. The fourth-order valence-corrected chi connectivity index (χ4v) is 3.00. The van der Waals surface area contributed by atoms with E-state index in [0.717, 1.165) is 22.4 Å². The standard InChI is InChI=1S/C21H22ClN3O3/c1-13-4-9-18(27-3)17(12-13)14(2)23-19(26)10-11-20-24-21(25-28-20)15-5-7-16(22)8-6-15/h4-9,12,14H,10-11H2,1-3H3,(H,23,26)/t14-/m1/s1. The molecule has 1 amide bonds. The smallest absolute Gasteiger partial charge is 0.227 e. The van der Waals surface area contributed by atoms with Gasteiger partial charge in [0.15, 0.2) is 0 Å². The fourth-order valence-electron chi connectivity index (χ4n) is 2.88. The van der Waals surface area contributed by atoms with Crippen LogP contribution in [0.15, 0.2) is 47.0 Å². The highest BCUT2D eigenvalue weighted by molar-refractivity contribution is 6.30. The third-order valence-corrected chi connectivity index (χ3v) is 4.62. The number of rotatable bonds is 7. The minimum Gasteiger partial charge on any atom is -0.496 e. The van der Waals surface area contributed by atoms with Crippen LogP contribution in [-0.4, -0.2) is 23.2 Å². The number of nitrogens with zero attached hydrogens (tertiary/aromatic N) is 2. The van der Waals surface area contributed by atoms with Crippen molar-refractivity contribution in [1.29, 1.82) is 0 Å². The number of carbonyl (C=O) groups excluding carboxylic acids is 1. The summed E-state index contributed by atoms with van der Waals surface area (Å²) in [4.78, 5) is 16.7. The molecule has 0 unspecified atom stereocenters. The third-order valence-electron chi connectivity index (χ3n) is 4.37. The average Bonchev–Trinajstić information content (AvgIpc) is 3.16. The molecule has 3 rings (SSSR count). The molecule has 0 aliphatic carbocycles. The third kappa shape index (κ3) is 4.89. The summed E-state index contributed by atoms with van der Waals surface area (Å²) in [7, 11) is 1.62. The molecule has 1 heterocycles. The van der Waals surface area contributed by atoms with Crippen molar-refractivity contribution in [2.75, 3.05) is 7.11 Å². The van der Waals surface area contributed by atoms with Crippen molar-refractivity contribution in [2.24, 2.45) is 0 Å². The molecule has 0 spiro atoms. The van der Waals surface area contributed by atoms with Crippen molar-refractivity contribution in [3.05, 3.63) is 64.5 Å². The van der Waals surface area contributed by atoms with Crippen LogP contribution in [0.2, 0.25) is 5.02 Å². The van der Waals surface area contributed by atoms with Crippen LogP contribution in [0.5, 0.6) is 5.75 Å². The Morgan fingerprint density at radius 2 is 2.00 bits per heavy atom. The average molecular weight is 400 g/mol. The van der Waals surface area contributed by atoms with Crippen LogP contribution in [0, 0.1) is 6.92 Å². The van der Waals surface area contributed by atoms with Gasteiger partial charge in [-0.2, -0.15) is 4.98 Å². The summed E-state index contributed by atoms with van der Waals surface area (Å²) in [5, 5.41) is 7.59. The Morgan fingerprint density at radius 1 is 1.25 bits per heavy atom. The SMILES string of the molecule is COc1ccc(C)cc1[C@@H](C)NC(=O)CCc1nc(-c2ccc(Cl)cc2)no1. The van der Waals surface area contributed by atoms with Crippen LogP contribution in [0.1, 0.15) is 36.4 Å². The minimum atomic E-state index is -0.172. The molecular weight excluding hydrogens is 378 g/mol. The highest BCUT2D eigenvalue weighted by Gasteiger charge is 2.16. The first-order valence-electron chi connectivity index (χ1n) is 8.98. The molecule has 2 aromatic carbocycles. The van der Waals surface area contributed by atoms with Gasteiger partial charge in [-0.1, -0.05) is 34.5 Å². The van der Waals surface area contributed by atoms with Gasteiger partial charge in [0.1, 0.15) is 5.75 Å². The van der Waals surface area contributed by atoms with Crippen molar-refractivity contribution in [3.63, 3.8) is 0 Å². The van der Waals surface area contributed by atoms with E-state index in [-0.39, 0.29) is 18.4 Å². The predicted octanol–water partition coefficient (Wildman–Crippen LogP) is 4.52. The van der Waals surface area contributed by atoms with Gasteiger partial charge in [-0.3, -0.25) is 4.79 Å². The Labute approximate surface area is 168 Å². The molecule has 0 fully saturated rings. The second-order valence-electron chi connectivity index (χ2n) is 6.55. The molecule has 1 atom stereocenters. The van der Waals surface area contributed by atoms with Gasteiger partial charge in [-0.05, 0) is 44.2 Å². The van der Waals surface area contributed by atoms with Crippen molar-refractivity contribution in [1.82, 2.24) is 15.5 Å². The second kappa shape index (κ2) is 8.89. The largest absolute Gasteiger partial charge is 0.496 e. The van der Waals surface area contributed by atoms with Crippen LogP contribution in [0.25, 0.3) is 11.4 Å². The molecule has 3 aromatic rings. The number of carbonyl (C=O) groups is 1. The van der Waals surface area contributed by atoms with Crippen molar-refractivity contribution < 1.29 is 14.1 Å². The molecule has 0 aliphatic rings. The van der Waals surface area contributed by atoms with E-state index in [4.69, 9.17) is 20.9 Å². The number of aromatic nitrogens is 2. The van der Waals surface area contributed by atoms with E-state index in [2.05, 4.69) is 15.5 Å². The lowest BCUT2D eigenvalue weighted by molar-refractivity contribution is -0.121. The van der Waals surface area contributed by atoms with Crippen LogP contribution in [0.4, 0.5) is 0 Å². The molecule has 0 radical (unpaired) electrons. The number of hydrogen-bond acceptors (Lipinski definition) is 5. The summed E-state index contributed by atoms with van der Waals surface area (Å²) in [5.41, 5.74) is 2.86. The highest BCUT2D eigenvalue weighted by Crippen LogP contribution is 2.26. The van der Waals surface area contributed by atoms with Crippen LogP contribution in [0.3, 0.4) is 0 Å². The van der Waals surface area contributed by atoms with E-state index in [9.17, 15) is 4.79 Å². The topological polar surface area (TPSA) is 77.2 Å². The number of halogens is 1. The Kier molecular flexibility index (Phi) is 6.31. The van der Waals surface area contributed by atoms with Crippen molar-refractivity contribution in [3.8, 4) is 17.1 Å². The number of nitrogens with one attached hydrogen (secondary N) is 1.